The van der Waals surface area contributed by atoms with Crippen LogP contribution in [-0.2, 0) is 4.79 Å². The first-order chi connectivity index (χ1) is 7.13. The van der Waals surface area contributed by atoms with E-state index in [4.69, 9.17) is 17.3 Å². The van der Waals surface area contributed by atoms with E-state index < -0.39 is 6.04 Å². The predicted octanol–water partition coefficient (Wildman–Crippen LogP) is -0.0420. The molecule has 0 radical (unpaired) electrons. The van der Waals surface area contributed by atoms with Crippen LogP contribution < -0.4 is 5.73 Å². The molecule has 4 heteroatoms. The van der Waals surface area contributed by atoms with E-state index in [9.17, 15) is 4.79 Å². The second-order valence-electron chi connectivity index (χ2n) is 3.56. The van der Waals surface area contributed by atoms with Crippen LogP contribution in [-0.4, -0.2) is 42.2 Å². The zero-order valence-electron chi connectivity index (χ0n) is 9.28. The number of hydrogen-bond donors (Lipinski definition) is 2. The van der Waals surface area contributed by atoms with Gasteiger partial charge in [-0.3, -0.25) is 4.79 Å². The second-order valence-corrected chi connectivity index (χ2v) is 3.56. The van der Waals surface area contributed by atoms with Crippen molar-refractivity contribution in [2.45, 2.75) is 31.7 Å². The Hall–Kier alpha value is -1.05. The van der Waals surface area contributed by atoms with Gasteiger partial charge in [-0.1, -0.05) is 0 Å². The Morgan fingerprint density at radius 1 is 1.53 bits per heavy atom. The molecule has 86 valence electrons. The number of amides is 1. The molecule has 0 aromatic rings. The van der Waals surface area contributed by atoms with Crippen molar-refractivity contribution in [3.05, 3.63) is 0 Å². The molecular weight excluding hydrogens is 192 g/mol. The van der Waals surface area contributed by atoms with Crippen LogP contribution in [0.5, 0.6) is 0 Å². The highest BCUT2D eigenvalue weighted by molar-refractivity contribution is 5.81. The highest BCUT2D eigenvalue weighted by Crippen LogP contribution is 1.99. The first-order valence-corrected chi connectivity index (χ1v) is 5.18. The Balaban J connectivity index is 3.74. The fraction of sp³-hybridized carbons (Fsp3) is 0.727. The van der Waals surface area contributed by atoms with Crippen LogP contribution in [0.1, 0.15) is 25.7 Å². The van der Waals surface area contributed by atoms with Crippen LogP contribution >= 0.6 is 0 Å². The number of terminal acetylenes is 1. The topological polar surface area (TPSA) is 66.6 Å². The molecule has 0 aromatic heterocycles. The van der Waals surface area contributed by atoms with Crippen LogP contribution in [0.25, 0.3) is 0 Å². The van der Waals surface area contributed by atoms with E-state index in [-0.39, 0.29) is 18.9 Å². The van der Waals surface area contributed by atoms with E-state index in [2.05, 4.69) is 5.92 Å². The zero-order chi connectivity index (χ0) is 11.7. The van der Waals surface area contributed by atoms with Crippen LogP contribution in [0.3, 0.4) is 0 Å². The summed E-state index contributed by atoms with van der Waals surface area (Å²) in [5, 5.41) is 8.58. The summed E-state index contributed by atoms with van der Waals surface area (Å²) in [5.74, 6) is 2.26. The lowest BCUT2D eigenvalue weighted by Crippen LogP contribution is -2.41. The fourth-order valence-electron chi connectivity index (χ4n) is 1.25. The summed E-state index contributed by atoms with van der Waals surface area (Å²) in [6, 6.07) is -0.585. The number of likely N-dealkylation sites (N-methyl/N-ethyl adjacent to an activating group) is 1. The van der Waals surface area contributed by atoms with Gasteiger partial charge in [0.1, 0.15) is 0 Å². The smallest absolute Gasteiger partial charge is 0.240 e. The summed E-state index contributed by atoms with van der Waals surface area (Å²) in [6.45, 7) is 0.866. The minimum absolute atomic E-state index is 0.114. The average Bonchev–Trinajstić information content (AvgIpc) is 2.23. The van der Waals surface area contributed by atoms with Crippen molar-refractivity contribution in [1.82, 2.24) is 4.90 Å². The quantitative estimate of drug-likeness (QED) is 0.459. The van der Waals surface area contributed by atoms with Crippen molar-refractivity contribution in [2.75, 3.05) is 20.2 Å². The number of hydrogen-bond acceptors (Lipinski definition) is 3. The maximum absolute atomic E-state index is 11.6. The largest absolute Gasteiger partial charge is 0.396 e. The lowest BCUT2D eigenvalue weighted by Gasteiger charge is -2.20. The van der Waals surface area contributed by atoms with Gasteiger partial charge < -0.3 is 15.7 Å². The van der Waals surface area contributed by atoms with Crippen molar-refractivity contribution in [2.24, 2.45) is 5.73 Å². The summed E-state index contributed by atoms with van der Waals surface area (Å²) >= 11 is 0. The van der Waals surface area contributed by atoms with Crippen molar-refractivity contribution >= 4 is 5.91 Å². The fourth-order valence-corrected chi connectivity index (χ4v) is 1.25. The molecule has 15 heavy (non-hydrogen) atoms. The van der Waals surface area contributed by atoms with Crippen molar-refractivity contribution in [1.29, 1.82) is 0 Å². The third-order valence-electron chi connectivity index (χ3n) is 2.18. The van der Waals surface area contributed by atoms with E-state index in [1.54, 1.807) is 11.9 Å². The highest BCUT2D eigenvalue weighted by atomic mass is 16.2. The molecule has 1 unspecified atom stereocenters. The van der Waals surface area contributed by atoms with Gasteiger partial charge in [0.15, 0.2) is 0 Å². The average molecular weight is 212 g/mol. The lowest BCUT2D eigenvalue weighted by molar-refractivity contribution is -0.131. The first-order valence-electron chi connectivity index (χ1n) is 5.18. The summed E-state index contributed by atoms with van der Waals surface area (Å²) in [6.07, 6.45) is 7.93. The molecular formula is C11H20N2O2. The molecule has 0 aliphatic heterocycles. The van der Waals surface area contributed by atoms with Crippen LogP contribution in [0.2, 0.25) is 0 Å². The Morgan fingerprint density at radius 2 is 2.20 bits per heavy atom. The number of aliphatic hydroxyl groups excluding tert-OH is 1. The Kier molecular flexibility index (Phi) is 7.69. The molecule has 0 rings (SSSR count). The number of unbranched alkanes of at least 4 members (excludes halogenated alkanes) is 2. The monoisotopic (exact) mass is 212 g/mol. The number of carbonyl (C=O) groups excluding carboxylic acids is 1. The molecule has 0 aliphatic rings. The van der Waals surface area contributed by atoms with Crippen LogP contribution in [0, 0.1) is 12.3 Å². The van der Waals surface area contributed by atoms with Gasteiger partial charge in [0.2, 0.25) is 5.91 Å². The molecule has 0 saturated heterocycles. The summed E-state index contributed by atoms with van der Waals surface area (Å²) in [7, 11) is 1.72. The molecule has 0 aromatic carbocycles. The Labute approximate surface area is 91.4 Å². The van der Waals surface area contributed by atoms with Gasteiger partial charge in [-0.2, -0.15) is 0 Å². The van der Waals surface area contributed by atoms with E-state index in [0.717, 1.165) is 19.3 Å². The molecule has 1 atom stereocenters. The maximum Gasteiger partial charge on any atom is 0.240 e. The van der Waals surface area contributed by atoms with E-state index in [0.29, 0.717) is 6.54 Å². The molecule has 3 N–H and O–H groups in total. The Bertz CT molecular complexity index is 223. The number of aliphatic hydroxyl groups is 1. The predicted molar refractivity (Wildman–Crippen MR) is 60.0 cm³/mol. The van der Waals surface area contributed by atoms with Gasteiger partial charge in [-0.05, 0) is 19.3 Å². The number of nitrogens with zero attached hydrogens (tertiary/aromatic N) is 1. The van der Waals surface area contributed by atoms with Gasteiger partial charge >= 0.3 is 0 Å². The summed E-state index contributed by atoms with van der Waals surface area (Å²) in [4.78, 5) is 13.1. The van der Waals surface area contributed by atoms with E-state index >= 15 is 0 Å². The third-order valence-corrected chi connectivity index (χ3v) is 2.18. The third kappa shape index (κ3) is 6.10. The number of rotatable bonds is 7. The Morgan fingerprint density at radius 3 is 2.73 bits per heavy atom. The molecule has 0 aliphatic carbocycles. The SMILES string of the molecule is C#CCC(N)C(=O)N(C)CCCCCO. The van der Waals surface area contributed by atoms with Crippen molar-refractivity contribution in [3.8, 4) is 12.3 Å². The standard InChI is InChI=1S/C11H20N2O2/c1-3-7-10(12)11(15)13(2)8-5-4-6-9-14/h1,10,14H,4-9,12H2,2H3. The van der Waals surface area contributed by atoms with Crippen molar-refractivity contribution < 1.29 is 9.90 Å². The van der Waals surface area contributed by atoms with Gasteiger partial charge in [0.25, 0.3) is 0 Å². The minimum Gasteiger partial charge on any atom is -0.396 e. The lowest BCUT2D eigenvalue weighted by atomic mass is 10.2. The van der Waals surface area contributed by atoms with Crippen molar-refractivity contribution in [3.63, 3.8) is 0 Å². The first kappa shape index (κ1) is 13.9. The molecule has 0 heterocycles. The van der Waals surface area contributed by atoms with E-state index in [1.807, 2.05) is 0 Å². The van der Waals surface area contributed by atoms with Crippen LogP contribution in [0.15, 0.2) is 0 Å². The van der Waals surface area contributed by atoms with Gasteiger partial charge in [0.05, 0.1) is 6.04 Å². The second kappa shape index (κ2) is 8.27. The number of nitrogens with two attached hydrogens (primary N) is 1. The van der Waals surface area contributed by atoms with Crippen LogP contribution in [0.4, 0.5) is 0 Å². The molecule has 0 fully saturated rings. The van der Waals surface area contributed by atoms with Gasteiger partial charge in [0, 0.05) is 26.6 Å². The maximum atomic E-state index is 11.6. The normalized spacial score (nSPS) is 11.9. The van der Waals surface area contributed by atoms with Gasteiger partial charge in [-0.25, -0.2) is 0 Å². The molecule has 0 saturated carbocycles. The molecule has 0 spiro atoms. The summed E-state index contributed by atoms with van der Waals surface area (Å²) < 4.78 is 0. The van der Waals surface area contributed by atoms with E-state index in [1.165, 1.54) is 0 Å². The van der Waals surface area contributed by atoms with Gasteiger partial charge in [-0.15, -0.1) is 12.3 Å². The minimum atomic E-state index is -0.585. The molecule has 0 bridgehead atoms. The molecule has 4 nitrogen and oxygen atoms in total. The highest BCUT2D eigenvalue weighted by Gasteiger charge is 2.16. The zero-order valence-corrected chi connectivity index (χ0v) is 9.28. The number of carbonyl (C=O) groups is 1. The molecule has 1 amide bonds. The summed E-state index contributed by atoms with van der Waals surface area (Å²) in [5.41, 5.74) is 5.59.